The molecule has 0 aliphatic rings. The zero-order valence-corrected chi connectivity index (χ0v) is 16.9. The van der Waals surface area contributed by atoms with E-state index in [1.54, 1.807) is 36.1 Å². The van der Waals surface area contributed by atoms with E-state index in [9.17, 15) is 19.5 Å². The zero-order chi connectivity index (χ0) is 21.7. The van der Waals surface area contributed by atoms with E-state index in [0.29, 0.717) is 17.9 Å². The lowest BCUT2D eigenvalue weighted by Crippen LogP contribution is -2.92. The quantitative estimate of drug-likeness (QED) is 0.533. The summed E-state index contributed by atoms with van der Waals surface area (Å²) >= 11 is 0. The maximum absolute atomic E-state index is 12.9. The number of carboxylic acid groups (broad SMARTS) is 1. The Morgan fingerprint density at radius 3 is 2.27 bits per heavy atom. The van der Waals surface area contributed by atoms with Crippen LogP contribution in [-0.2, 0) is 23.2 Å². The van der Waals surface area contributed by atoms with Gasteiger partial charge in [-0.25, -0.2) is 4.68 Å². The number of nitrogens with zero attached hydrogens (tertiary/aromatic N) is 2. The number of nitrogens with one attached hydrogen (secondary N) is 1. The molecule has 30 heavy (non-hydrogen) atoms. The Balaban J connectivity index is 1.73. The first-order valence-electron chi connectivity index (χ1n) is 9.60. The molecule has 0 aliphatic heterocycles. The molecule has 1 atom stereocenters. The molecule has 0 radical (unpaired) electrons. The molecule has 3 aromatic rings. The van der Waals surface area contributed by atoms with E-state index in [1.807, 2.05) is 48.5 Å². The maximum atomic E-state index is 12.9. The van der Waals surface area contributed by atoms with Crippen molar-refractivity contribution in [3.8, 4) is 5.69 Å². The van der Waals surface area contributed by atoms with Crippen molar-refractivity contribution in [1.29, 1.82) is 0 Å². The highest BCUT2D eigenvalue weighted by Gasteiger charge is 2.22. The molecule has 0 aliphatic carbocycles. The molecule has 156 valence electrons. The van der Waals surface area contributed by atoms with Gasteiger partial charge in [0.25, 0.3) is 5.56 Å². The summed E-state index contributed by atoms with van der Waals surface area (Å²) in [6.07, 6.45) is -0.311. The third-order valence-corrected chi connectivity index (χ3v) is 5.01. The van der Waals surface area contributed by atoms with Crippen LogP contribution in [0.2, 0.25) is 0 Å². The van der Waals surface area contributed by atoms with Gasteiger partial charge in [-0.3, -0.25) is 14.3 Å². The second-order valence-corrected chi connectivity index (χ2v) is 7.04. The number of carbonyl (C=O) groups is 2. The second kappa shape index (κ2) is 9.23. The van der Waals surface area contributed by atoms with Crippen LogP contribution in [0.1, 0.15) is 17.7 Å². The number of aliphatic carboxylic acids is 1. The van der Waals surface area contributed by atoms with Crippen molar-refractivity contribution in [3.05, 3.63) is 82.3 Å². The molecule has 3 rings (SSSR count). The minimum Gasteiger partial charge on any atom is -0.544 e. The standard InChI is InChI=1S/C22H24N4O4/c1-15-20(21(28)26(25(15)2)17-11-7-4-8-12-17)24-19(27)13-18(22(29)30)23-14-16-9-5-3-6-10-16/h3-12,18,23H,13-14H2,1-2H3,(H,24,27)(H,29,30)/t18-/m0/s1. The number of amides is 1. The van der Waals surface area contributed by atoms with Gasteiger partial charge in [0.05, 0.1) is 23.8 Å². The number of hydrogen-bond acceptors (Lipinski definition) is 4. The molecule has 0 bridgehead atoms. The third kappa shape index (κ3) is 4.66. The Hall–Kier alpha value is -3.65. The lowest BCUT2D eigenvalue weighted by atomic mass is 10.1. The predicted molar refractivity (Wildman–Crippen MR) is 110 cm³/mol. The first-order chi connectivity index (χ1) is 14.4. The molecule has 0 saturated heterocycles. The first kappa shape index (κ1) is 21.1. The Morgan fingerprint density at radius 1 is 1.07 bits per heavy atom. The molecule has 1 heterocycles. The highest BCUT2D eigenvalue weighted by molar-refractivity contribution is 5.93. The number of hydrogen-bond donors (Lipinski definition) is 2. The fraction of sp³-hybridized carbons (Fsp3) is 0.227. The van der Waals surface area contributed by atoms with Gasteiger partial charge in [0, 0.05) is 12.6 Å². The van der Waals surface area contributed by atoms with Crippen LogP contribution >= 0.6 is 0 Å². The summed E-state index contributed by atoms with van der Waals surface area (Å²) in [6, 6.07) is 17.3. The number of aromatic nitrogens is 2. The van der Waals surface area contributed by atoms with Crippen LogP contribution in [0.25, 0.3) is 5.69 Å². The van der Waals surface area contributed by atoms with Crippen LogP contribution in [0, 0.1) is 6.92 Å². The van der Waals surface area contributed by atoms with Crippen molar-refractivity contribution >= 4 is 17.6 Å². The van der Waals surface area contributed by atoms with E-state index in [2.05, 4.69) is 5.32 Å². The van der Waals surface area contributed by atoms with E-state index in [4.69, 9.17) is 0 Å². The van der Waals surface area contributed by atoms with Gasteiger partial charge in [-0.15, -0.1) is 0 Å². The van der Waals surface area contributed by atoms with Gasteiger partial charge in [0.15, 0.2) is 0 Å². The Labute approximate surface area is 173 Å². The van der Waals surface area contributed by atoms with Gasteiger partial charge in [0.2, 0.25) is 5.91 Å². The highest BCUT2D eigenvalue weighted by atomic mass is 16.4. The number of benzene rings is 2. The molecule has 0 fully saturated rings. The van der Waals surface area contributed by atoms with Gasteiger partial charge < -0.3 is 20.5 Å². The average Bonchev–Trinajstić information content (AvgIpc) is 2.95. The largest absolute Gasteiger partial charge is 0.544 e. The Kier molecular flexibility index (Phi) is 6.48. The van der Waals surface area contributed by atoms with Crippen molar-refractivity contribution in [2.75, 3.05) is 5.32 Å². The summed E-state index contributed by atoms with van der Waals surface area (Å²) < 4.78 is 3.09. The molecule has 2 aromatic carbocycles. The fourth-order valence-corrected chi connectivity index (χ4v) is 3.26. The number of anilines is 1. The summed E-state index contributed by atoms with van der Waals surface area (Å²) in [6.45, 7) is 2.12. The van der Waals surface area contributed by atoms with Gasteiger partial charge in [-0.1, -0.05) is 48.5 Å². The lowest BCUT2D eigenvalue weighted by molar-refractivity contribution is -0.697. The molecule has 8 nitrogen and oxygen atoms in total. The maximum Gasteiger partial charge on any atom is 0.295 e. The van der Waals surface area contributed by atoms with Crippen molar-refractivity contribution < 1.29 is 20.0 Å². The topological polar surface area (TPSA) is 113 Å². The average molecular weight is 408 g/mol. The van der Waals surface area contributed by atoms with Crippen LogP contribution in [0.5, 0.6) is 0 Å². The van der Waals surface area contributed by atoms with E-state index in [-0.39, 0.29) is 17.7 Å². The molecule has 1 amide bonds. The van der Waals surface area contributed by atoms with Crippen LogP contribution in [0.4, 0.5) is 5.69 Å². The second-order valence-electron chi connectivity index (χ2n) is 7.04. The molecule has 0 saturated carbocycles. The summed E-state index contributed by atoms with van der Waals surface area (Å²) in [5.74, 6) is -1.88. The molecular weight excluding hydrogens is 384 g/mol. The van der Waals surface area contributed by atoms with Crippen molar-refractivity contribution in [2.45, 2.75) is 25.9 Å². The van der Waals surface area contributed by atoms with Crippen molar-refractivity contribution in [2.24, 2.45) is 7.05 Å². The van der Waals surface area contributed by atoms with Gasteiger partial charge >= 0.3 is 0 Å². The molecular formula is C22H24N4O4. The van der Waals surface area contributed by atoms with Crippen LogP contribution in [0.3, 0.4) is 0 Å². The summed E-state index contributed by atoms with van der Waals surface area (Å²) in [7, 11) is 1.72. The smallest absolute Gasteiger partial charge is 0.295 e. The number of carbonyl (C=O) groups excluding carboxylic acids is 2. The van der Waals surface area contributed by atoms with E-state index in [0.717, 1.165) is 5.56 Å². The predicted octanol–water partition coefficient (Wildman–Crippen LogP) is -0.305. The third-order valence-electron chi connectivity index (χ3n) is 5.01. The van der Waals surface area contributed by atoms with Crippen molar-refractivity contribution in [1.82, 2.24) is 9.36 Å². The fourth-order valence-electron chi connectivity index (χ4n) is 3.26. The minimum atomic E-state index is -1.33. The highest BCUT2D eigenvalue weighted by Crippen LogP contribution is 2.14. The van der Waals surface area contributed by atoms with E-state index in [1.165, 1.54) is 4.68 Å². The minimum absolute atomic E-state index is 0.131. The molecule has 3 N–H and O–H groups in total. The number of para-hydroxylation sites is 1. The van der Waals surface area contributed by atoms with Crippen LogP contribution in [-0.4, -0.2) is 27.3 Å². The van der Waals surface area contributed by atoms with Crippen LogP contribution < -0.4 is 21.3 Å². The summed E-state index contributed by atoms with van der Waals surface area (Å²) in [5.41, 5.74) is 1.92. The summed E-state index contributed by atoms with van der Waals surface area (Å²) in [4.78, 5) is 36.9. The Bertz CT molecular complexity index is 1090. The normalized spacial score (nSPS) is 11.8. The lowest BCUT2D eigenvalue weighted by Gasteiger charge is -2.16. The van der Waals surface area contributed by atoms with Gasteiger partial charge in [-0.2, -0.15) is 0 Å². The monoisotopic (exact) mass is 408 g/mol. The molecule has 8 heteroatoms. The molecule has 0 unspecified atom stereocenters. The number of rotatable bonds is 8. The molecule has 1 aromatic heterocycles. The SMILES string of the molecule is Cc1c(NC(=O)C[C@H]([NH2+]Cc2ccccc2)C(=O)[O-])c(=O)n(-c2ccccc2)n1C. The van der Waals surface area contributed by atoms with E-state index >= 15 is 0 Å². The molecule has 0 spiro atoms. The van der Waals surface area contributed by atoms with Gasteiger partial charge in [0.1, 0.15) is 18.3 Å². The number of nitrogens with two attached hydrogens (primary N) is 1. The summed E-state index contributed by atoms with van der Waals surface area (Å²) in [5, 5.41) is 15.6. The Morgan fingerprint density at radius 2 is 1.67 bits per heavy atom. The van der Waals surface area contributed by atoms with Gasteiger partial charge in [-0.05, 0) is 19.1 Å². The van der Waals surface area contributed by atoms with Crippen molar-refractivity contribution in [3.63, 3.8) is 0 Å². The number of quaternary nitrogens is 1. The zero-order valence-electron chi connectivity index (χ0n) is 16.9. The number of carboxylic acids is 1. The van der Waals surface area contributed by atoms with E-state index < -0.39 is 17.9 Å². The first-order valence-corrected chi connectivity index (χ1v) is 9.60. The van der Waals surface area contributed by atoms with Crippen LogP contribution in [0.15, 0.2) is 65.5 Å².